The third-order valence-electron chi connectivity index (χ3n) is 3.49. The van der Waals surface area contributed by atoms with Crippen molar-refractivity contribution < 1.29 is 19.1 Å². The van der Waals surface area contributed by atoms with Gasteiger partial charge in [0.2, 0.25) is 0 Å². The van der Waals surface area contributed by atoms with Gasteiger partial charge in [0, 0.05) is 5.02 Å². The van der Waals surface area contributed by atoms with Gasteiger partial charge in [-0.15, -0.1) is 0 Å². The molecule has 25 heavy (non-hydrogen) atoms. The number of hydrogen-bond donors (Lipinski definition) is 1. The van der Waals surface area contributed by atoms with E-state index in [1.165, 1.54) is 0 Å². The van der Waals surface area contributed by atoms with Gasteiger partial charge in [-0.05, 0) is 43.7 Å². The van der Waals surface area contributed by atoms with Crippen LogP contribution in [0.1, 0.15) is 35.8 Å². The molecule has 0 aromatic heterocycles. The van der Waals surface area contributed by atoms with Crippen LogP contribution in [0.15, 0.2) is 48.5 Å². The number of para-hydroxylation sites is 1. The zero-order valence-electron chi connectivity index (χ0n) is 14.1. The van der Waals surface area contributed by atoms with E-state index in [2.05, 4.69) is 5.32 Å². The van der Waals surface area contributed by atoms with Gasteiger partial charge < -0.3 is 14.8 Å². The number of rotatable bonds is 7. The maximum absolute atomic E-state index is 12.1. The minimum atomic E-state index is -0.599. The van der Waals surface area contributed by atoms with E-state index < -0.39 is 5.97 Å². The highest BCUT2D eigenvalue weighted by molar-refractivity contribution is 6.30. The van der Waals surface area contributed by atoms with E-state index in [1.54, 1.807) is 36.4 Å². The monoisotopic (exact) mass is 361 g/mol. The molecule has 6 heteroatoms. The van der Waals surface area contributed by atoms with Crippen LogP contribution in [0.25, 0.3) is 0 Å². The summed E-state index contributed by atoms with van der Waals surface area (Å²) in [5.74, 6) is -0.548. The van der Waals surface area contributed by atoms with Gasteiger partial charge in [0.15, 0.2) is 6.61 Å². The summed E-state index contributed by atoms with van der Waals surface area (Å²) in [6.07, 6.45) is 0. The number of halogens is 1. The molecule has 132 valence electrons. The average Bonchev–Trinajstić information content (AvgIpc) is 2.61. The minimum absolute atomic E-state index is 0.223. The summed E-state index contributed by atoms with van der Waals surface area (Å²) >= 11 is 5.84. The molecule has 0 bridgehead atoms. The van der Waals surface area contributed by atoms with Crippen molar-refractivity contribution in [2.75, 3.05) is 13.2 Å². The molecule has 0 unspecified atom stereocenters. The summed E-state index contributed by atoms with van der Waals surface area (Å²) in [6, 6.07) is 13.7. The molecular formula is C19H20ClNO4. The Kier molecular flexibility index (Phi) is 6.83. The third-order valence-corrected chi connectivity index (χ3v) is 3.74. The Morgan fingerprint density at radius 3 is 2.48 bits per heavy atom. The van der Waals surface area contributed by atoms with Crippen LogP contribution in [0.4, 0.5) is 0 Å². The van der Waals surface area contributed by atoms with Gasteiger partial charge in [-0.1, -0.05) is 35.9 Å². The van der Waals surface area contributed by atoms with Crippen LogP contribution in [0.5, 0.6) is 5.75 Å². The highest BCUT2D eigenvalue weighted by Gasteiger charge is 2.16. The van der Waals surface area contributed by atoms with Crippen LogP contribution in [0, 0.1) is 0 Å². The Morgan fingerprint density at radius 1 is 1.12 bits per heavy atom. The molecule has 0 spiro atoms. The number of benzene rings is 2. The second-order valence-corrected chi connectivity index (χ2v) is 5.78. The van der Waals surface area contributed by atoms with E-state index in [1.807, 2.05) is 26.0 Å². The summed E-state index contributed by atoms with van der Waals surface area (Å²) in [5, 5.41) is 3.40. The molecule has 0 radical (unpaired) electrons. The van der Waals surface area contributed by atoms with E-state index in [0.29, 0.717) is 22.9 Å². The standard InChI is InChI=1S/C19H20ClNO4/c1-3-24-17-7-5-4-6-16(17)19(23)25-12-18(22)21-13(2)14-8-10-15(20)11-9-14/h4-11,13H,3,12H2,1-2H3,(H,21,22)/t13-/m0/s1. The number of amides is 1. The molecule has 0 aliphatic carbocycles. The van der Waals surface area contributed by atoms with Crippen LogP contribution >= 0.6 is 11.6 Å². The van der Waals surface area contributed by atoms with Gasteiger partial charge in [0.1, 0.15) is 11.3 Å². The highest BCUT2D eigenvalue weighted by atomic mass is 35.5. The third kappa shape index (κ3) is 5.50. The fourth-order valence-electron chi connectivity index (χ4n) is 2.24. The number of hydrogen-bond acceptors (Lipinski definition) is 4. The fraction of sp³-hybridized carbons (Fsp3) is 0.263. The Labute approximate surface area is 151 Å². The first-order chi connectivity index (χ1) is 12.0. The molecule has 1 amide bonds. The largest absolute Gasteiger partial charge is 0.493 e. The second kappa shape index (κ2) is 9.08. The maximum Gasteiger partial charge on any atom is 0.342 e. The van der Waals surface area contributed by atoms with E-state index in [4.69, 9.17) is 21.1 Å². The predicted octanol–water partition coefficient (Wildman–Crippen LogP) is 3.77. The van der Waals surface area contributed by atoms with Crippen LogP contribution in [-0.2, 0) is 9.53 Å². The lowest BCUT2D eigenvalue weighted by Gasteiger charge is -2.15. The van der Waals surface area contributed by atoms with Gasteiger partial charge in [0.05, 0.1) is 12.6 Å². The molecule has 5 nitrogen and oxygen atoms in total. The van der Waals surface area contributed by atoms with Crippen molar-refractivity contribution in [3.63, 3.8) is 0 Å². The number of nitrogens with one attached hydrogen (secondary N) is 1. The molecule has 0 aliphatic rings. The van der Waals surface area contributed by atoms with Crippen LogP contribution in [0.3, 0.4) is 0 Å². The number of esters is 1. The van der Waals surface area contributed by atoms with Gasteiger partial charge in [-0.25, -0.2) is 4.79 Å². The Bertz CT molecular complexity index is 730. The number of carbonyl (C=O) groups excluding carboxylic acids is 2. The van der Waals surface area contributed by atoms with E-state index in [9.17, 15) is 9.59 Å². The minimum Gasteiger partial charge on any atom is -0.493 e. The van der Waals surface area contributed by atoms with Crippen LogP contribution in [-0.4, -0.2) is 25.1 Å². The molecular weight excluding hydrogens is 342 g/mol. The lowest BCUT2D eigenvalue weighted by molar-refractivity contribution is -0.124. The Balaban J connectivity index is 1.89. The topological polar surface area (TPSA) is 64.6 Å². The quantitative estimate of drug-likeness (QED) is 0.762. The van der Waals surface area contributed by atoms with Crippen molar-refractivity contribution in [2.45, 2.75) is 19.9 Å². The van der Waals surface area contributed by atoms with E-state index in [0.717, 1.165) is 5.56 Å². The zero-order chi connectivity index (χ0) is 18.2. The Morgan fingerprint density at radius 2 is 1.80 bits per heavy atom. The number of ether oxygens (including phenoxy) is 2. The van der Waals surface area contributed by atoms with Crippen molar-refractivity contribution >= 4 is 23.5 Å². The Hall–Kier alpha value is -2.53. The summed E-state index contributed by atoms with van der Waals surface area (Å²) < 4.78 is 10.5. The summed E-state index contributed by atoms with van der Waals surface area (Å²) in [5.41, 5.74) is 1.20. The van der Waals surface area contributed by atoms with E-state index in [-0.39, 0.29) is 18.6 Å². The van der Waals surface area contributed by atoms with Gasteiger partial charge in [-0.3, -0.25) is 4.79 Å². The molecule has 0 heterocycles. The van der Waals surface area contributed by atoms with Crippen molar-refractivity contribution in [1.29, 1.82) is 0 Å². The van der Waals surface area contributed by atoms with Crippen molar-refractivity contribution in [3.8, 4) is 5.75 Å². The molecule has 2 aromatic rings. The van der Waals surface area contributed by atoms with Crippen LogP contribution < -0.4 is 10.1 Å². The predicted molar refractivity (Wildman–Crippen MR) is 95.9 cm³/mol. The molecule has 1 N–H and O–H groups in total. The molecule has 2 rings (SSSR count). The summed E-state index contributed by atoms with van der Waals surface area (Å²) in [6.45, 7) is 3.74. The normalized spacial score (nSPS) is 11.5. The SMILES string of the molecule is CCOc1ccccc1C(=O)OCC(=O)N[C@@H](C)c1ccc(Cl)cc1. The van der Waals surface area contributed by atoms with E-state index >= 15 is 0 Å². The first-order valence-corrected chi connectivity index (χ1v) is 8.32. The van der Waals surface area contributed by atoms with Crippen molar-refractivity contribution in [3.05, 3.63) is 64.7 Å². The summed E-state index contributed by atoms with van der Waals surface area (Å²) in [4.78, 5) is 24.1. The van der Waals surface area contributed by atoms with Gasteiger partial charge in [-0.2, -0.15) is 0 Å². The molecule has 0 fully saturated rings. The highest BCUT2D eigenvalue weighted by Crippen LogP contribution is 2.19. The maximum atomic E-state index is 12.1. The molecule has 0 saturated heterocycles. The smallest absolute Gasteiger partial charge is 0.342 e. The first kappa shape index (κ1) is 18.8. The first-order valence-electron chi connectivity index (χ1n) is 7.95. The van der Waals surface area contributed by atoms with Crippen molar-refractivity contribution in [1.82, 2.24) is 5.32 Å². The van der Waals surface area contributed by atoms with Gasteiger partial charge >= 0.3 is 5.97 Å². The molecule has 2 aromatic carbocycles. The van der Waals surface area contributed by atoms with Crippen LogP contribution in [0.2, 0.25) is 5.02 Å². The lowest BCUT2D eigenvalue weighted by atomic mass is 10.1. The molecule has 1 atom stereocenters. The second-order valence-electron chi connectivity index (χ2n) is 5.35. The average molecular weight is 362 g/mol. The summed E-state index contributed by atoms with van der Waals surface area (Å²) in [7, 11) is 0. The fourth-order valence-corrected chi connectivity index (χ4v) is 2.37. The molecule has 0 aliphatic heterocycles. The van der Waals surface area contributed by atoms with Gasteiger partial charge in [0.25, 0.3) is 5.91 Å². The lowest BCUT2D eigenvalue weighted by Crippen LogP contribution is -2.31. The molecule has 0 saturated carbocycles. The van der Waals surface area contributed by atoms with Crippen molar-refractivity contribution in [2.24, 2.45) is 0 Å². The number of carbonyl (C=O) groups is 2. The zero-order valence-corrected chi connectivity index (χ0v) is 14.9.